The Labute approximate surface area is 194 Å². The normalized spacial score (nSPS) is 16.6. The van der Waals surface area contributed by atoms with Crippen molar-refractivity contribution in [1.29, 1.82) is 0 Å². The maximum absolute atomic E-state index is 2.52. The molecule has 2 aliphatic rings. The molecule has 0 bridgehead atoms. The molecule has 0 fully saturated rings. The standard InChI is InChI=1S/C31H35N/c1-5-14-24(3)30(27-20-11-6-8-15-23(27)2)31(26-16-9-7-10-17-26)32(4)29-22-13-19-25-18-12-21-28(25)29/h6-13,16-20,22,31H,5,14-15,21H2,1-4H3/b30-24-. The largest absolute Gasteiger partial charge is 0.363 e. The van der Waals surface area contributed by atoms with Gasteiger partial charge in [0.1, 0.15) is 0 Å². The van der Waals surface area contributed by atoms with E-state index in [0.717, 1.165) is 25.7 Å². The molecule has 0 aromatic heterocycles. The predicted molar refractivity (Wildman–Crippen MR) is 140 cm³/mol. The predicted octanol–water partition coefficient (Wildman–Crippen LogP) is 8.38. The van der Waals surface area contributed by atoms with Crippen molar-refractivity contribution >= 4 is 11.8 Å². The van der Waals surface area contributed by atoms with Crippen LogP contribution in [0.15, 0.2) is 101 Å². The number of nitrogens with zero attached hydrogens (tertiary/aromatic N) is 1. The molecule has 0 heterocycles. The fourth-order valence-electron chi connectivity index (χ4n) is 5.13. The highest BCUT2D eigenvalue weighted by Gasteiger charge is 2.28. The third-order valence-electron chi connectivity index (χ3n) is 6.73. The van der Waals surface area contributed by atoms with Crippen LogP contribution in [0.2, 0.25) is 0 Å². The van der Waals surface area contributed by atoms with Gasteiger partial charge in [0.05, 0.1) is 6.04 Å². The highest BCUT2D eigenvalue weighted by atomic mass is 15.1. The molecule has 2 aliphatic carbocycles. The lowest BCUT2D eigenvalue weighted by Crippen LogP contribution is -2.28. The van der Waals surface area contributed by atoms with E-state index in [0.29, 0.717) is 0 Å². The number of benzene rings is 2. The highest BCUT2D eigenvalue weighted by molar-refractivity contribution is 5.71. The molecule has 2 aromatic carbocycles. The lowest BCUT2D eigenvalue weighted by Gasteiger charge is -2.36. The summed E-state index contributed by atoms with van der Waals surface area (Å²) in [6.07, 6.45) is 17.8. The van der Waals surface area contributed by atoms with Gasteiger partial charge in [-0.15, -0.1) is 0 Å². The summed E-state index contributed by atoms with van der Waals surface area (Å²) in [5.74, 6) is 0. The molecule has 164 valence electrons. The zero-order valence-electron chi connectivity index (χ0n) is 19.9. The Kier molecular flexibility index (Phi) is 6.95. The summed E-state index contributed by atoms with van der Waals surface area (Å²) in [4.78, 5) is 2.52. The van der Waals surface area contributed by atoms with Crippen LogP contribution in [-0.2, 0) is 6.42 Å². The SMILES string of the molecule is CCC/C(C)=C(/C1=C(C)CC=CC=C1)C(c1ccccc1)N(C)c1cccc2c1CC=C2. The lowest BCUT2D eigenvalue weighted by molar-refractivity contribution is 0.745. The molecule has 1 unspecified atom stereocenters. The molecule has 0 N–H and O–H groups in total. The van der Waals surface area contributed by atoms with Gasteiger partial charge in [-0.3, -0.25) is 0 Å². The van der Waals surface area contributed by atoms with Crippen LogP contribution in [0.1, 0.15) is 62.8 Å². The maximum atomic E-state index is 2.52. The smallest absolute Gasteiger partial charge is 0.0798 e. The van der Waals surface area contributed by atoms with Crippen molar-refractivity contribution in [2.45, 2.75) is 52.5 Å². The molecule has 32 heavy (non-hydrogen) atoms. The molecular formula is C31H35N. The summed E-state index contributed by atoms with van der Waals surface area (Å²) in [6.45, 7) is 6.91. The van der Waals surface area contributed by atoms with Gasteiger partial charge in [0.25, 0.3) is 0 Å². The summed E-state index contributed by atoms with van der Waals surface area (Å²) in [7, 11) is 2.28. The number of fused-ring (bicyclic) bond motifs is 1. The monoisotopic (exact) mass is 421 g/mol. The molecular weight excluding hydrogens is 386 g/mol. The van der Waals surface area contributed by atoms with Crippen LogP contribution in [0.5, 0.6) is 0 Å². The average Bonchev–Trinajstić information content (AvgIpc) is 3.20. The van der Waals surface area contributed by atoms with E-state index in [2.05, 4.69) is 118 Å². The highest BCUT2D eigenvalue weighted by Crippen LogP contribution is 2.42. The minimum absolute atomic E-state index is 0.155. The Morgan fingerprint density at radius 1 is 0.938 bits per heavy atom. The summed E-state index contributed by atoms with van der Waals surface area (Å²) in [5, 5.41) is 0. The second kappa shape index (κ2) is 10.0. The molecule has 1 nitrogen and oxygen atoms in total. The number of hydrogen-bond donors (Lipinski definition) is 0. The first kappa shape index (κ1) is 22.1. The Morgan fingerprint density at radius 2 is 1.75 bits per heavy atom. The number of hydrogen-bond acceptors (Lipinski definition) is 1. The first-order chi connectivity index (χ1) is 15.6. The Morgan fingerprint density at radius 3 is 2.53 bits per heavy atom. The molecule has 1 atom stereocenters. The van der Waals surface area contributed by atoms with Gasteiger partial charge in [-0.25, -0.2) is 0 Å². The van der Waals surface area contributed by atoms with Crippen LogP contribution in [-0.4, -0.2) is 7.05 Å². The van der Waals surface area contributed by atoms with E-state index in [1.165, 1.54) is 44.7 Å². The summed E-state index contributed by atoms with van der Waals surface area (Å²) in [5.41, 5.74) is 11.2. The fraction of sp³-hybridized carbons (Fsp3) is 0.290. The Bertz CT molecular complexity index is 1110. The third kappa shape index (κ3) is 4.43. The number of likely N-dealkylation sites (N-methyl/N-ethyl adjacent to an activating group) is 1. The minimum Gasteiger partial charge on any atom is -0.363 e. The van der Waals surface area contributed by atoms with E-state index < -0.39 is 0 Å². The first-order valence-electron chi connectivity index (χ1n) is 11.9. The van der Waals surface area contributed by atoms with Gasteiger partial charge >= 0.3 is 0 Å². The summed E-state index contributed by atoms with van der Waals surface area (Å²) < 4.78 is 0. The third-order valence-corrected chi connectivity index (χ3v) is 6.73. The minimum atomic E-state index is 0.155. The van der Waals surface area contributed by atoms with E-state index in [4.69, 9.17) is 0 Å². The second-order valence-corrected chi connectivity index (χ2v) is 9.00. The van der Waals surface area contributed by atoms with E-state index in [9.17, 15) is 0 Å². The van der Waals surface area contributed by atoms with Crippen LogP contribution in [0.4, 0.5) is 5.69 Å². The number of rotatable bonds is 7. The van der Waals surface area contributed by atoms with Crippen molar-refractivity contribution in [2.75, 3.05) is 11.9 Å². The van der Waals surface area contributed by atoms with E-state index >= 15 is 0 Å². The van der Waals surface area contributed by atoms with Gasteiger partial charge in [0, 0.05) is 12.7 Å². The van der Waals surface area contributed by atoms with Crippen molar-refractivity contribution in [2.24, 2.45) is 0 Å². The van der Waals surface area contributed by atoms with E-state index in [-0.39, 0.29) is 6.04 Å². The van der Waals surface area contributed by atoms with Crippen molar-refractivity contribution < 1.29 is 0 Å². The summed E-state index contributed by atoms with van der Waals surface area (Å²) in [6, 6.07) is 17.9. The van der Waals surface area contributed by atoms with Crippen molar-refractivity contribution in [1.82, 2.24) is 0 Å². The zero-order valence-corrected chi connectivity index (χ0v) is 19.9. The van der Waals surface area contributed by atoms with Crippen molar-refractivity contribution in [3.63, 3.8) is 0 Å². The summed E-state index contributed by atoms with van der Waals surface area (Å²) >= 11 is 0. The number of allylic oxidation sites excluding steroid dienone is 7. The van der Waals surface area contributed by atoms with Crippen molar-refractivity contribution in [3.8, 4) is 0 Å². The average molecular weight is 422 g/mol. The van der Waals surface area contributed by atoms with E-state index in [1.807, 2.05) is 0 Å². The molecule has 2 aromatic rings. The lowest BCUT2D eigenvalue weighted by atomic mass is 9.84. The molecule has 1 heteroatoms. The quantitative estimate of drug-likeness (QED) is 0.434. The van der Waals surface area contributed by atoms with Crippen LogP contribution >= 0.6 is 0 Å². The zero-order chi connectivity index (χ0) is 22.5. The van der Waals surface area contributed by atoms with Crippen LogP contribution in [0.25, 0.3) is 6.08 Å². The fourth-order valence-corrected chi connectivity index (χ4v) is 5.13. The van der Waals surface area contributed by atoms with Gasteiger partial charge in [0.2, 0.25) is 0 Å². The molecule has 0 saturated heterocycles. The maximum Gasteiger partial charge on any atom is 0.0798 e. The van der Waals surface area contributed by atoms with Crippen LogP contribution in [0, 0.1) is 0 Å². The first-order valence-corrected chi connectivity index (χ1v) is 11.9. The molecule has 0 saturated carbocycles. The van der Waals surface area contributed by atoms with Gasteiger partial charge < -0.3 is 4.90 Å². The van der Waals surface area contributed by atoms with Crippen LogP contribution in [0.3, 0.4) is 0 Å². The van der Waals surface area contributed by atoms with Gasteiger partial charge in [-0.05, 0) is 67.0 Å². The molecule has 4 rings (SSSR count). The Balaban J connectivity index is 1.92. The molecule has 0 radical (unpaired) electrons. The molecule has 0 amide bonds. The van der Waals surface area contributed by atoms with Gasteiger partial charge in [-0.2, -0.15) is 0 Å². The number of anilines is 1. The molecule has 0 aliphatic heterocycles. The van der Waals surface area contributed by atoms with Crippen molar-refractivity contribution in [3.05, 3.63) is 118 Å². The topological polar surface area (TPSA) is 3.24 Å². The molecule has 0 spiro atoms. The van der Waals surface area contributed by atoms with E-state index in [1.54, 1.807) is 0 Å². The Hall–Kier alpha value is -3.06. The second-order valence-electron chi connectivity index (χ2n) is 9.00. The van der Waals surface area contributed by atoms with Gasteiger partial charge in [-0.1, -0.05) is 103 Å². The van der Waals surface area contributed by atoms with Crippen LogP contribution < -0.4 is 4.90 Å². The van der Waals surface area contributed by atoms with Gasteiger partial charge in [0.15, 0.2) is 0 Å².